The first-order valence-corrected chi connectivity index (χ1v) is 5.69. The standard InChI is InChI=1S/C11H20N2O2/c1-8-10(2,6-7-15-8)13-9(14)11(12)4-3-5-11/h8H,3-7,12H2,1-2H3,(H,13,14). The summed E-state index contributed by atoms with van der Waals surface area (Å²) in [6.07, 6.45) is 3.63. The Balaban J connectivity index is 1.99. The van der Waals surface area contributed by atoms with Crippen LogP contribution in [0.15, 0.2) is 0 Å². The number of carbonyl (C=O) groups excluding carboxylic acids is 1. The number of nitrogens with one attached hydrogen (secondary N) is 1. The van der Waals surface area contributed by atoms with Gasteiger partial charge in [0, 0.05) is 6.61 Å². The number of nitrogens with two attached hydrogens (primary N) is 1. The average Bonchev–Trinajstić information content (AvgIpc) is 2.43. The predicted octanol–water partition coefficient (Wildman–Crippen LogP) is 0.551. The molecule has 0 aromatic carbocycles. The maximum absolute atomic E-state index is 12.0. The van der Waals surface area contributed by atoms with Crippen molar-refractivity contribution in [3.63, 3.8) is 0 Å². The molecule has 1 amide bonds. The van der Waals surface area contributed by atoms with Crippen molar-refractivity contribution in [1.82, 2.24) is 5.32 Å². The van der Waals surface area contributed by atoms with Crippen molar-refractivity contribution in [2.24, 2.45) is 5.73 Å². The Morgan fingerprint density at radius 2 is 2.13 bits per heavy atom. The van der Waals surface area contributed by atoms with E-state index in [4.69, 9.17) is 10.5 Å². The van der Waals surface area contributed by atoms with Crippen LogP contribution in [0.4, 0.5) is 0 Å². The highest BCUT2D eigenvalue weighted by molar-refractivity contribution is 5.87. The number of amides is 1. The van der Waals surface area contributed by atoms with Crippen LogP contribution in [-0.2, 0) is 9.53 Å². The molecule has 2 fully saturated rings. The van der Waals surface area contributed by atoms with Gasteiger partial charge in [-0.2, -0.15) is 0 Å². The van der Waals surface area contributed by atoms with Gasteiger partial charge in [0.25, 0.3) is 0 Å². The van der Waals surface area contributed by atoms with E-state index in [0.29, 0.717) is 0 Å². The normalized spacial score (nSPS) is 38.5. The van der Waals surface area contributed by atoms with Crippen LogP contribution in [0.5, 0.6) is 0 Å². The Bertz CT molecular complexity index is 276. The quantitative estimate of drug-likeness (QED) is 0.702. The van der Waals surface area contributed by atoms with Crippen molar-refractivity contribution >= 4 is 5.91 Å². The van der Waals surface area contributed by atoms with Crippen LogP contribution in [0.2, 0.25) is 0 Å². The molecule has 4 heteroatoms. The minimum Gasteiger partial charge on any atom is -0.376 e. The maximum Gasteiger partial charge on any atom is 0.240 e. The van der Waals surface area contributed by atoms with Crippen molar-refractivity contribution in [2.45, 2.75) is 56.7 Å². The lowest BCUT2D eigenvalue weighted by molar-refractivity contribution is -0.131. The molecule has 0 spiro atoms. The first kappa shape index (κ1) is 10.9. The van der Waals surface area contributed by atoms with Crippen molar-refractivity contribution in [2.75, 3.05) is 6.61 Å². The fraction of sp³-hybridized carbons (Fsp3) is 0.909. The van der Waals surface area contributed by atoms with Gasteiger partial charge in [-0.3, -0.25) is 4.79 Å². The van der Waals surface area contributed by atoms with Crippen LogP contribution in [-0.4, -0.2) is 29.7 Å². The molecular formula is C11H20N2O2. The molecule has 1 saturated carbocycles. The second-order valence-corrected chi connectivity index (χ2v) is 5.14. The Labute approximate surface area is 90.5 Å². The Hall–Kier alpha value is -0.610. The van der Waals surface area contributed by atoms with E-state index >= 15 is 0 Å². The fourth-order valence-electron chi connectivity index (χ4n) is 2.17. The summed E-state index contributed by atoms with van der Waals surface area (Å²) < 4.78 is 5.48. The fourth-order valence-corrected chi connectivity index (χ4v) is 2.17. The molecule has 1 aliphatic heterocycles. The maximum atomic E-state index is 12.0. The zero-order valence-electron chi connectivity index (χ0n) is 9.51. The minimum atomic E-state index is -0.606. The second-order valence-electron chi connectivity index (χ2n) is 5.14. The third kappa shape index (κ3) is 1.76. The highest BCUT2D eigenvalue weighted by atomic mass is 16.5. The molecule has 1 saturated heterocycles. The molecular weight excluding hydrogens is 192 g/mol. The van der Waals surface area contributed by atoms with E-state index in [1.165, 1.54) is 0 Å². The van der Waals surface area contributed by atoms with E-state index in [1.807, 2.05) is 13.8 Å². The van der Waals surface area contributed by atoms with Gasteiger partial charge >= 0.3 is 0 Å². The van der Waals surface area contributed by atoms with Gasteiger partial charge in [0.05, 0.1) is 17.2 Å². The van der Waals surface area contributed by atoms with Gasteiger partial charge < -0.3 is 15.8 Å². The summed E-state index contributed by atoms with van der Waals surface area (Å²) in [5.41, 5.74) is 5.13. The largest absolute Gasteiger partial charge is 0.376 e. The molecule has 2 aliphatic rings. The lowest BCUT2D eigenvalue weighted by Crippen LogP contribution is -2.64. The van der Waals surface area contributed by atoms with Crippen molar-refractivity contribution in [3.05, 3.63) is 0 Å². The number of carbonyl (C=O) groups is 1. The number of hydrogen-bond acceptors (Lipinski definition) is 3. The highest BCUT2D eigenvalue weighted by Gasteiger charge is 2.45. The summed E-state index contributed by atoms with van der Waals surface area (Å²) in [7, 11) is 0. The molecule has 15 heavy (non-hydrogen) atoms. The average molecular weight is 212 g/mol. The van der Waals surface area contributed by atoms with Crippen LogP contribution >= 0.6 is 0 Å². The molecule has 0 radical (unpaired) electrons. The Morgan fingerprint density at radius 1 is 1.47 bits per heavy atom. The highest BCUT2D eigenvalue weighted by Crippen LogP contribution is 2.32. The van der Waals surface area contributed by atoms with Gasteiger partial charge in [0.2, 0.25) is 5.91 Å². The number of ether oxygens (including phenoxy) is 1. The van der Waals surface area contributed by atoms with Crippen molar-refractivity contribution in [1.29, 1.82) is 0 Å². The lowest BCUT2D eigenvalue weighted by atomic mass is 9.76. The summed E-state index contributed by atoms with van der Waals surface area (Å²) in [6, 6.07) is 0. The summed E-state index contributed by atoms with van der Waals surface area (Å²) >= 11 is 0. The Morgan fingerprint density at radius 3 is 2.53 bits per heavy atom. The first-order chi connectivity index (χ1) is 6.96. The van der Waals surface area contributed by atoms with E-state index < -0.39 is 5.54 Å². The van der Waals surface area contributed by atoms with E-state index in [9.17, 15) is 4.79 Å². The van der Waals surface area contributed by atoms with Crippen LogP contribution in [0.3, 0.4) is 0 Å². The zero-order valence-corrected chi connectivity index (χ0v) is 9.51. The minimum absolute atomic E-state index is 0.00593. The summed E-state index contributed by atoms with van der Waals surface area (Å²) in [4.78, 5) is 12.0. The predicted molar refractivity (Wildman–Crippen MR) is 57.3 cm³/mol. The van der Waals surface area contributed by atoms with Crippen molar-refractivity contribution in [3.8, 4) is 0 Å². The molecule has 2 rings (SSSR count). The molecule has 2 atom stereocenters. The molecule has 0 aromatic rings. The summed E-state index contributed by atoms with van der Waals surface area (Å²) in [5, 5.41) is 3.06. The molecule has 1 heterocycles. The summed E-state index contributed by atoms with van der Waals surface area (Å²) in [6.45, 7) is 4.75. The van der Waals surface area contributed by atoms with Gasteiger partial charge in [-0.15, -0.1) is 0 Å². The van der Waals surface area contributed by atoms with Gasteiger partial charge in [-0.1, -0.05) is 0 Å². The molecule has 1 aliphatic carbocycles. The van der Waals surface area contributed by atoms with Gasteiger partial charge in [0.1, 0.15) is 0 Å². The Kier molecular flexibility index (Phi) is 2.51. The van der Waals surface area contributed by atoms with E-state index in [-0.39, 0.29) is 17.6 Å². The van der Waals surface area contributed by atoms with E-state index in [2.05, 4.69) is 5.32 Å². The molecule has 4 nitrogen and oxygen atoms in total. The van der Waals surface area contributed by atoms with Gasteiger partial charge in [-0.05, 0) is 39.5 Å². The van der Waals surface area contributed by atoms with Crippen molar-refractivity contribution < 1.29 is 9.53 Å². The summed E-state index contributed by atoms with van der Waals surface area (Å²) in [5.74, 6) is -0.00593. The molecule has 86 valence electrons. The third-order valence-corrected chi connectivity index (χ3v) is 3.98. The zero-order chi connectivity index (χ0) is 11.1. The van der Waals surface area contributed by atoms with E-state index in [1.54, 1.807) is 0 Å². The number of rotatable bonds is 2. The van der Waals surface area contributed by atoms with Crippen LogP contribution in [0.25, 0.3) is 0 Å². The van der Waals surface area contributed by atoms with Crippen LogP contribution in [0.1, 0.15) is 39.5 Å². The van der Waals surface area contributed by atoms with Gasteiger partial charge in [0.15, 0.2) is 0 Å². The molecule has 0 bridgehead atoms. The topological polar surface area (TPSA) is 64.3 Å². The SMILES string of the molecule is CC1OCCC1(C)NC(=O)C1(N)CCC1. The smallest absolute Gasteiger partial charge is 0.240 e. The molecule has 2 unspecified atom stereocenters. The van der Waals surface area contributed by atoms with Crippen LogP contribution < -0.4 is 11.1 Å². The monoisotopic (exact) mass is 212 g/mol. The number of hydrogen-bond donors (Lipinski definition) is 2. The lowest BCUT2D eigenvalue weighted by Gasteiger charge is -2.40. The molecule has 3 N–H and O–H groups in total. The third-order valence-electron chi connectivity index (χ3n) is 3.98. The van der Waals surface area contributed by atoms with Crippen LogP contribution in [0, 0.1) is 0 Å². The first-order valence-electron chi connectivity index (χ1n) is 5.69. The van der Waals surface area contributed by atoms with E-state index in [0.717, 1.165) is 32.3 Å². The molecule has 0 aromatic heterocycles. The van der Waals surface area contributed by atoms with Gasteiger partial charge in [-0.25, -0.2) is 0 Å². The second kappa shape index (κ2) is 3.46.